The van der Waals surface area contributed by atoms with Gasteiger partial charge < -0.3 is 10.6 Å². The van der Waals surface area contributed by atoms with Crippen molar-refractivity contribution in [1.82, 2.24) is 10.2 Å². The summed E-state index contributed by atoms with van der Waals surface area (Å²) in [6, 6.07) is 21.5. The van der Waals surface area contributed by atoms with Crippen molar-refractivity contribution >= 4 is 11.7 Å². The first kappa shape index (κ1) is 23.9. The van der Waals surface area contributed by atoms with Crippen LogP contribution in [0.1, 0.15) is 42.5 Å². The number of amides is 2. The first-order valence-electron chi connectivity index (χ1n) is 11.8. The summed E-state index contributed by atoms with van der Waals surface area (Å²) in [5.41, 5.74) is 3.39. The van der Waals surface area contributed by atoms with Crippen LogP contribution in [0.5, 0.6) is 0 Å². The number of urea groups is 1. The van der Waals surface area contributed by atoms with Crippen LogP contribution in [0.2, 0.25) is 0 Å². The van der Waals surface area contributed by atoms with Gasteiger partial charge in [0.1, 0.15) is 11.6 Å². The summed E-state index contributed by atoms with van der Waals surface area (Å²) in [5, 5.41) is 5.07. The average molecular weight is 464 g/mol. The third-order valence-electron chi connectivity index (χ3n) is 6.63. The summed E-state index contributed by atoms with van der Waals surface area (Å²) in [7, 11) is 0. The van der Waals surface area contributed by atoms with E-state index in [1.54, 1.807) is 0 Å². The average Bonchev–Trinajstić information content (AvgIpc) is 2.86. The van der Waals surface area contributed by atoms with E-state index in [0.717, 1.165) is 49.2 Å². The SMILES string of the molecule is CC(c1cccc(CNC(=O)Nc2cc(F)ccc2F)c1)N1CCC(Cc2ccccc2)CC1. The summed E-state index contributed by atoms with van der Waals surface area (Å²) in [6.07, 6.45) is 3.53. The number of piperidine rings is 1. The largest absolute Gasteiger partial charge is 0.334 e. The lowest BCUT2D eigenvalue weighted by molar-refractivity contribution is 0.141. The Hall–Kier alpha value is -3.25. The zero-order chi connectivity index (χ0) is 23.9. The van der Waals surface area contributed by atoms with Crippen LogP contribution in [0.15, 0.2) is 72.8 Å². The van der Waals surface area contributed by atoms with Gasteiger partial charge >= 0.3 is 6.03 Å². The monoisotopic (exact) mass is 463 g/mol. The van der Waals surface area contributed by atoms with Gasteiger partial charge in [0, 0.05) is 18.7 Å². The van der Waals surface area contributed by atoms with Crippen LogP contribution < -0.4 is 10.6 Å². The molecule has 1 saturated heterocycles. The van der Waals surface area contributed by atoms with Gasteiger partial charge in [-0.2, -0.15) is 0 Å². The highest BCUT2D eigenvalue weighted by atomic mass is 19.1. The van der Waals surface area contributed by atoms with Gasteiger partial charge in [-0.1, -0.05) is 54.6 Å². The first-order valence-corrected chi connectivity index (χ1v) is 11.8. The maximum absolute atomic E-state index is 13.7. The Morgan fingerprint density at radius 1 is 0.971 bits per heavy atom. The number of anilines is 1. The van der Waals surface area contributed by atoms with Crippen molar-refractivity contribution in [2.75, 3.05) is 18.4 Å². The third-order valence-corrected chi connectivity index (χ3v) is 6.63. The van der Waals surface area contributed by atoms with Crippen LogP contribution >= 0.6 is 0 Å². The molecule has 3 aromatic rings. The van der Waals surface area contributed by atoms with E-state index in [9.17, 15) is 13.6 Å². The lowest BCUT2D eigenvalue weighted by Crippen LogP contribution is -2.36. The number of carbonyl (C=O) groups excluding carboxylic acids is 1. The van der Waals surface area contributed by atoms with Crippen molar-refractivity contribution in [2.24, 2.45) is 5.92 Å². The molecule has 0 radical (unpaired) electrons. The topological polar surface area (TPSA) is 44.4 Å². The van der Waals surface area contributed by atoms with Gasteiger partial charge in [-0.25, -0.2) is 13.6 Å². The van der Waals surface area contributed by atoms with E-state index < -0.39 is 17.7 Å². The van der Waals surface area contributed by atoms with Gasteiger partial charge in [-0.15, -0.1) is 0 Å². The number of halogens is 2. The van der Waals surface area contributed by atoms with Crippen LogP contribution in [-0.4, -0.2) is 24.0 Å². The van der Waals surface area contributed by atoms with Gasteiger partial charge in [0.15, 0.2) is 0 Å². The normalized spacial score (nSPS) is 15.6. The van der Waals surface area contributed by atoms with Crippen LogP contribution in [0.4, 0.5) is 19.3 Å². The van der Waals surface area contributed by atoms with Crippen molar-refractivity contribution in [3.8, 4) is 0 Å². The second kappa shape index (κ2) is 11.3. The standard InChI is InChI=1S/C28H31F2N3O/c1-20(33-14-12-22(13-15-33)16-21-6-3-2-4-7-21)24-9-5-8-23(17-24)19-31-28(34)32-27-18-25(29)10-11-26(27)30/h2-11,17-18,20,22H,12-16,19H2,1H3,(H2,31,32,34). The molecule has 4 nitrogen and oxygen atoms in total. The molecule has 1 heterocycles. The molecule has 1 fully saturated rings. The fourth-order valence-electron chi connectivity index (χ4n) is 4.61. The van der Waals surface area contributed by atoms with Crippen LogP contribution in [0.3, 0.4) is 0 Å². The number of likely N-dealkylation sites (tertiary alicyclic amines) is 1. The molecule has 2 N–H and O–H groups in total. The Labute approximate surface area is 200 Å². The quantitative estimate of drug-likeness (QED) is 0.432. The van der Waals surface area contributed by atoms with E-state index in [1.165, 1.54) is 24.0 Å². The second-order valence-electron chi connectivity index (χ2n) is 9.02. The number of rotatable bonds is 7. The van der Waals surface area contributed by atoms with Gasteiger partial charge in [-0.3, -0.25) is 4.90 Å². The highest BCUT2D eigenvalue weighted by Crippen LogP contribution is 2.28. The minimum Gasteiger partial charge on any atom is -0.334 e. The molecule has 1 aliphatic heterocycles. The number of nitrogens with zero attached hydrogens (tertiary/aromatic N) is 1. The van der Waals surface area contributed by atoms with E-state index in [-0.39, 0.29) is 11.7 Å². The Morgan fingerprint density at radius 2 is 1.71 bits per heavy atom. The number of benzene rings is 3. The van der Waals surface area contributed by atoms with Gasteiger partial charge in [0.2, 0.25) is 0 Å². The smallest absolute Gasteiger partial charge is 0.319 e. The predicted octanol–water partition coefficient (Wildman–Crippen LogP) is 6.30. The molecule has 1 aliphatic rings. The molecule has 6 heteroatoms. The number of hydrogen-bond acceptors (Lipinski definition) is 2. The Kier molecular flexibility index (Phi) is 7.91. The van der Waals surface area contributed by atoms with Crippen molar-refractivity contribution in [1.29, 1.82) is 0 Å². The molecule has 0 saturated carbocycles. The minimum absolute atomic E-state index is 0.185. The fourth-order valence-corrected chi connectivity index (χ4v) is 4.61. The van der Waals surface area contributed by atoms with E-state index in [2.05, 4.69) is 64.9 Å². The van der Waals surface area contributed by atoms with Crippen molar-refractivity contribution in [2.45, 2.75) is 38.8 Å². The minimum atomic E-state index is -0.681. The molecule has 1 atom stereocenters. The molecule has 4 rings (SSSR count). The van der Waals surface area contributed by atoms with Gasteiger partial charge in [-0.05, 0) is 74.0 Å². The van der Waals surface area contributed by atoms with E-state index in [0.29, 0.717) is 6.54 Å². The summed E-state index contributed by atoms with van der Waals surface area (Å²) >= 11 is 0. The Balaban J connectivity index is 1.28. The maximum Gasteiger partial charge on any atom is 0.319 e. The molecule has 3 aromatic carbocycles. The Bertz CT molecular complexity index is 1100. The summed E-state index contributed by atoms with van der Waals surface area (Å²) in [4.78, 5) is 14.7. The molecule has 0 aromatic heterocycles. The highest BCUT2D eigenvalue weighted by Gasteiger charge is 2.23. The molecular weight excluding hydrogens is 432 g/mol. The van der Waals surface area contributed by atoms with E-state index >= 15 is 0 Å². The molecule has 34 heavy (non-hydrogen) atoms. The van der Waals surface area contributed by atoms with Gasteiger partial charge in [0.05, 0.1) is 5.69 Å². The zero-order valence-corrected chi connectivity index (χ0v) is 19.4. The van der Waals surface area contributed by atoms with Gasteiger partial charge in [0.25, 0.3) is 0 Å². The number of hydrogen-bond donors (Lipinski definition) is 2. The molecule has 0 bridgehead atoms. The van der Waals surface area contributed by atoms with Crippen molar-refractivity contribution in [3.05, 3.63) is 101 Å². The predicted molar refractivity (Wildman–Crippen MR) is 132 cm³/mol. The van der Waals surface area contributed by atoms with Crippen LogP contribution in [-0.2, 0) is 13.0 Å². The zero-order valence-electron chi connectivity index (χ0n) is 19.4. The summed E-state index contributed by atoms with van der Waals surface area (Å²) < 4.78 is 27.0. The Morgan fingerprint density at radius 3 is 2.47 bits per heavy atom. The molecule has 0 aliphatic carbocycles. The summed E-state index contributed by atoms with van der Waals surface area (Å²) in [5.74, 6) is -0.565. The van der Waals surface area contributed by atoms with E-state index in [1.807, 2.05) is 12.1 Å². The highest BCUT2D eigenvalue weighted by molar-refractivity contribution is 5.89. The summed E-state index contributed by atoms with van der Waals surface area (Å²) in [6.45, 7) is 4.66. The lowest BCUT2D eigenvalue weighted by atomic mass is 9.89. The van der Waals surface area contributed by atoms with Crippen molar-refractivity contribution < 1.29 is 13.6 Å². The first-order chi connectivity index (χ1) is 16.5. The molecule has 178 valence electrons. The number of nitrogens with one attached hydrogen (secondary N) is 2. The van der Waals surface area contributed by atoms with Crippen LogP contribution in [0.25, 0.3) is 0 Å². The fraction of sp³-hybridized carbons (Fsp3) is 0.321. The van der Waals surface area contributed by atoms with E-state index in [4.69, 9.17) is 0 Å². The number of carbonyl (C=O) groups is 1. The maximum atomic E-state index is 13.7. The lowest BCUT2D eigenvalue weighted by Gasteiger charge is -2.36. The van der Waals surface area contributed by atoms with Crippen LogP contribution in [0, 0.1) is 17.6 Å². The third kappa shape index (κ3) is 6.41. The molecule has 2 amide bonds. The molecule has 0 spiro atoms. The molecular formula is C28H31F2N3O. The second-order valence-corrected chi connectivity index (χ2v) is 9.02. The molecule has 1 unspecified atom stereocenters. The van der Waals surface area contributed by atoms with Crippen molar-refractivity contribution in [3.63, 3.8) is 0 Å².